The molecule has 0 radical (unpaired) electrons. The summed E-state index contributed by atoms with van der Waals surface area (Å²) in [4.78, 5) is 13.7. The molecule has 8 nitrogen and oxygen atoms in total. The standard InChI is InChI=1S/C27H28F3N7OS/c1-18-7-4-5-10-22(18)24-23(27(28,29)30)25(33-26(32-24)34-39-21-16-31-36(3)17-21)38-20-9-6-8-19(15-20)37-13-11-35(2)12-14-37/h4-10,15-17H,11-14H2,1-3H3,(H,32,33,34). The number of hydrogen-bond acceptors (Lipinski definition) is 8. The highest BCUT2D eigenvalue weighted by Crippen LogP contribution is 2.44. The summed E-state index contributed by atoms with van der Waals surface area (Å²) in [5.41, 5.74) is 0.593. The number of benzene rings is 2. The van der Waals surface area contributed by atoms with Crippen molar-refractivity contribution in [1.29, 1.82) is 0 Å². The number of nitrogens with one attached hydrogen (secondary N) is 1. The molecule has 39 heavy (non-hydrogen) atoms. The first kappa shape index (κ1) is 26.8. The number of halogens is 3. The van der Waals surface area contributed by atoms with Gasteiger partial charge in [-0.05, 0) is 43.6 Å². The van der Waals surface area contributed by atoms with Gasteiger partial charge in [-0.1, -0.05) is 30.3 Å². The number of nitrogens with zero attached hydrogens (tertiary/aromatic N) is 6. The first-order valence-electron chi connectivity index (χ1n) is 12.4. The molecule has 0 spiro atoms. The predicted molar refractivity (Wildman–Crippen MR) is 146 cm³/mol. The van der Waals surface area contributed by atoms with Gasteiger partial charge in [-0.3, -0.25) is 9.40 Å². The number of piperazine rings is 1. The Morgan fingerprint density at radius 3 is 2.44 bits per heavy atom. The van der Waals surface area contributed by atoms with Crippen LogP contribution >= 0.6 is 11.9 Å². The van der Waals surface area contributed by atoms with Crippen molar-refractivity contribution in [3.05, 3.63) is 72.1 Å². The van der Waals surface area contributed by atoms with Crippen LogP contribution in [-0.4, -0.2) is 57.9 Å². The Morgan fingerprint density at radius 2 is 1.74 bits per heavy atom. The van der Waals surface area contributed by atoms with Gasteiger partial charge in [-0.2, -0.15) is 23.3 Å². The molecule has 0 saturated carbocycles. The van der Waals surface area contributed by atoms with Crippen LogP contribution < -0.4 is 14.4 Å². The molecule has 1 aliphatic heterocycles. The van der Waals surface area contributed by atoms with Crippen LogP contribution in [0.3, 0.4) is 0 Å². The molecule has 0 amide bonds. The average Bonchev–Trinajstić information content (AvgIpc) is 3.32. The van der Waals surface area contributed by atoms with E-state index in [0.717, 1.165) is 48.7 Å². The third kappa shape index (κ3) is 6.28. The number of alkyl halides is 3. The minimum absolute atomic E-state index is 0.0136. The normalized spacial score (nSPS) is 14.5. The molecule has 0 bridgehead atoms. The van der Waals surface area contributed by atoms with Crippen molar-refractivity contribution in [1.82, 2.24) is 24.6 Å². The molecule has 204 valence electrons. The Kier molecular flexibility index (Phi) is 7.67. The molecule has 5 rings (SSSR count). The van der Waals surface area contributed by atoms with Gasteiger partial charge in [0.15, 0.2) is 0 Å². The number of ether oxygens (including phenoxy) is 1. The van der Waals surface area contributed by atoms with Crippen molar-refractivity contribution in [2.45, 2.75) is 18.0 Å². The Bertz CT molecular complexity index is 1450. The molecular weight excluding hydrogens is 527 g/mol. The smallest absolute Gasteiger partial charge is 0.423 e. The van der Waals surface area contributed by atoms with Gasteiger partial charge in [0.25, 0.3) is 0 Å². The van der Waals surface area contributed by atoms with Gasteiger partial charge < -0.3 is 14.5 Å². The zero-order chi connectivity index (χ0) is 27.6. The number of aromatic nitrogens is 4. The molecule has 0 aliphatic carbocycles. The lowest BCUT2D eigenvalue weighted by Gasteiger charge is -2.34. The Morgan fingerprint density at radius 1 is 0.974 bits per heavy atom. The fourth-order valence-corrected chi connectivity index (χ4v) is 4.93. The third-order valence-electron chi connectivity index (χ3n) is 6.40. The Labute approximate surface area is 229 Å². The van der Waals surface area contributed by atoms with Gasteiger partial charge in [0.2, 0.25) is 11.8 Å². The van der Waals surface area contributed by atoms with Crippen LogP contribution in [0.5, 0.6) is 11.6 Å². The molecule has 1 fully saturated rings. The van der Waals surface area contributed by atoms with Crippen molar-refractivity contribution in [2.24, 2.45) is 7.05 Å². The van der Waals surface area contributed by atoms with Crippen LogP contribution in [0.4, 0.5) is 24.8 Å². The molecule has 1 N–H and O–H groups in total. The van der Waals surface area contributed by atoms with Crippen molar-refractivity contribution >= 4 is 23.6 Å². The highest BCUT2D eigenvalue weighted by atomic mass is 32.2. The molecule has 0 unspecified atom stereocenters. The zero-order valence-corrected chi connectivity index (χ0v) is 22.6. The molecule has 2 aromatic heterocycles. The van der Waals surface area contributed by atoms with E-state index in [1.165, 1.54) is 0 Å². The summed E-state index contributed by atoms with van der Waals surface area (Å²) < 4.78 is 54.3. The van der Waals surface area contributed by atoms with E-state index >= 15 is 0 Å². The minimum Gasteiger partial charge on any atom is -0.438 e. The quantitative estimate of drug-likeness (QED) is 0.284. The van der Waals surface area contributed by atoms with E-state index in [0.29, 0.717) is 11.1 Å². The highest BCUT2D eigenvalue weighted by molar-refractivity contribution is 8.00. The number of likely N-dealkylation sites (N-methyl/N-ethyl adjacent to an activating group) is 1. The summed E-state index contributed by atoms with van der Waals surface area (Å²) in [7, 11) is 3.84. The second-order valence-electron chi connectivity index (χ2n) is 9.33. The number of aryl methyl sites for hydroxylation is 2. The lowest BCUT2D eigenvalue weighted by Crippen LogP contribution is -2.44. The zero-order valence-electron chi connectivity index (χ0n) is 21.7. The number of anilines is 2. The molecule has 12 heteroatoms. The Balaban J connectivity index is 1.56. The van der Waals surface area contributed by atoms with E-state index in [9.17, 15) is 13.2 Å². The molecule has 3 heterocycles. The van der Waals surface area contributed by atoms with Gasteiger partial charge in [-0.15, -0.1) is 0 Å². The van der Waals surface area contributed by atoms with E-state index in [-0.39, 0.29) is 17.4 Å². The van der Waals surface area contributed by atoms with Crippen LogP contribution in [0.2, 0.25) is 0 Å². The van der Waals surface area contributed by atoms with Gasteiger partial charge in [0, 0.05) is 56.7 Å². The van der Waals surface area contributed by atoms with Gasteiger partial charge in [0.05, 0.1) is 16.8 Å². The first-order chi connectivity index (χ1) is 18.7. The fraction of sp³-hybridized carbons (Fsp3) is 0.296. The maximum absolute atomic E-state index is 14.6. The van der Waals surface area contributed by atoms with Crippen molar-refractivity contribution < 1.29 is 17.9 Å². The molecule has 1 saturated heterocycles. The summed E-state index contributed by atoms with van der Waals surface area (Å²) in [5, 5.41) is 4.11. The maximum Gasteiger partial charge on any atom is 0.423 e. The largest absolute Gasteiger partial charge is 0.438 e. The lowest BCUT2D eigenvalue weighted by molar-refractivity contribution is -0.138. The lowest BCUT2D eigenvalue weighted by atomic mass is 10.0. The number of rotatable bonds is 7. The second-order valence-corrected chi connectivity index (χ2v) is 10.2. The molecule has 4 aromatic rings. The van der Waals surface area contributed by atoms with E-state index in [4.69, 9.17) is 4.74 Å². The summed E-state index contributed by atoms with van der Waals surface area (Å²) in [6.07, 6.45) is -1.37. The summed E-state index contributed by atoms with van der Waals surface area (Å²) in [6, 6.07) is 13.9. The van der Waals surface area contributed by atoms with Crippen molar-refractivity contribution in [3.8, 4) is 22.9 Å². The van der Waals surface area contributed by atoms with Gasteiger partial charge in [-0.25, -0.2) is 4.98 Å². The van der Waals surface area contributed by atoms with Crippen LogP contribution in [0.25, 0.3) is 11.3 Å². The molecule has 2 aromatic carbocycles. The summed E-state index contributed by atoms with van der Waals surface area (Å²) in [6.45, 7) is 5.18. The van der Waals surface area contributed by atoms with E-state index < -0.39 is 17.6 Å². The van der Waals surface area contributed by atoms with Crippen LogP contribution in [0.15, 0.2) is 65.8 Å². The van der Waals surface area contributed by atoms with Crippen molar-refractivity contribution in [3.63, 3.8) is 0 Å². The first-order valence-corrected chi connectivity index (χ1v) is 13.2. The molecule has 1 aliphatic rings. The summed E-state index contributed by atoms with van der Waals surface area (Å²) in [5.74, 6) is -0.321. The van der Waals surface area contributed by atoms with E-state index in [1.54, 1.807) is 73.5 Å². The SMILES string of the molecule is Cc1ccccc1-c1nc(NSc2cnn(C)c2)nc(Oc2cccc(N3CCN(C)CC3)c2)c1C(F)(F)F. The third-order valence-corrected chi connectivity index (χ3v) is 7.13. The second kappa shape index (κ2) is 11.1. The Hall–Kier alpha value is -3.77. The van der Waals surface area contributed by atoms with Crippen LogP contribution in [0.1, 0.15) is 11.1 Å². The van der Waals surface area contributed by atoms with Crippen LogP contribution in [-0.2, 0) is 13.2 Å². The fourth-order valence-electron chi connectivity index (χ4n) is 4.32. The topological polar surface area (TPSA) is 71.3 Å². The molecule has 0 atom stereocenters. The van der Waals surface area contributed by atoms with Crippen LogP contribution in [0, 0.1) is 6.92 Å². The predicted octanol–water partition coefficient (Wildman–Crippen LogP) is 5.87. The van der Waals surface area contributed by atoms with E-state index in [2.05, 4.69) is 36.6 Å². The van der Waals surface area contributed by atoms with Crippen molar-refractivity contribution in [2.75, 3.05) is 42.8 Å². The summed E-state index contributed by atoms with van der Waals surface area (Å²) >= 11 is 1.15. The molecular formula is C27H28F3N7OS. The monoisotopic (exact) mass is 555 g/mol. The number of hydrogen-bond donors (Lipinski definition) is 1. The van der Waals surface area contributed by atoms with Gasteiger partial charge in [0.1, 0.15) is 11.3 Å². The average molecular weight is 556 g/mol. The maximum atomic E-state index is 14.6. The highest BCUT2D eigenvalue weighted by Gasteiger charge is 2.41. The van der Waals surface area contributed by atoms with Gasteiger partial charge >= 0.3 is 6.18 Å². The van der Waals surface area contributed by atoms with E-state index in [1.807, 2.05) is 6.07 Å². The minimum atomic E-state index is -4.77.